The molecule has 7 nitrogen and oxygen atoms in total. The van der Waals surface area contributed by atoms with Gasteiger partial charge in [-0.3, -0.25) is 9.59 Å². The molecule has 238 valence electrons. The lowest BCUT2D eigenvalue weighted by Gasteiger charge is -2.23. The molecule has 0 unspecified atom stereocenters. The molecule has 4 rings (SSSR count). The molecule has 1 saturated heterocycles. The number of hydrogen-bond acceptors (Lipinski definition) is 5. The summed E-state index contributed by atoms with van der Waals surface area (Å²) in [5.74, 6) is -0.377. The summed E-state index contributed by atoms with van der Waals surface area (Å²) < 4.78 is 27.1. The van der Waals surface area contributed by atoms with E-state index in [1.165, 1.54) is 11.6 Å². The van der Waals surface area contributed by atoms with Crippen LogP contribution in [-0.2, 0) is 28.9 Å². The van der Waals surface area contributed by atoms with Crippen LogP contribution in [0.4, 0.5) is 10.1 Å². The Bertz CT molecular complexity index is 1610. The molecule has 0 spiro atoms. The zero-order valence-electron chi connectivity index (χ0n) is 26.5. The van der Waals surface area contributed by atoms with Crippen LogP contribution in [0.5, 0.6) is 11.5 Å². The molecule has 45 heavy (non-hydrogen) atoms. The van der Waals surface area contributed by atoms with Crippen LogP contribution in [-0.4, -0.2) is 45.2 Å². The molecule has 3 aromatic carbocycles. The molecule has 1 aliphatic rings. The minimum atomic E-state index is -0.846. The van der Waals surface area contributed by atoms with Crippen LogP contribution in [0.1, 0.15) is 43.4 Å². The van der Waals surface area contributed by atoms with Gasteiger partial charge in [-0.1, -0.05) is 56.0 Å². The molecule has 0 radical (unpaired) electrons. The lowest BCUT2D eigenvalue weighted by molar-refractivity contribution is -0.136. The van der Waals surface area contributed by atoms with Crippen molar-refractivity contribution < 1.29 is 23.5 Å². The maximum atomic E-state index is 15.3. The quantitative estimate of drug-likeness (QED) is 0.263. The van der Waals surface area contributed by atoms with Crippen LogP contribution in [0.2, 0.25) is 0 Å². The van der Waals surface area contributed by atoms with Gasteiger partial charge in [0.1, 0.15) is 5.82 Å². The Morgan fingerprint density at radius 2 is 1.76 bits per heavy atom. The number of ether oxygens (including phenoxy) is 2. The molecule has 0 aromatic heterocycles. The second-order valence-corrected chi connectivity index (χ2v) is 11.3. The predicted molar refractivity (Wildman–Crippen MR) is 178 cm³/mol. The first-order chi connectivity index (χ1) is 21.8. The van der Waals surface area contributed by atoms with Crippen molar-refractivity contribution in [2.24, 2.45) is 5.92 Å². The average Bonchev–Trinajstić information content (AvgIpc) is 3.05. The third-order valence-corrected chi connectivity index (χ3v) is 8.07. The number of methoxy groups -OCH3 is 1. The summed E-state index contributed by atoms with van der Waals surface area (Å²) in [5.41, 5.74) is 3.80. The lowest BCUT2D eigenvalue weighted by atomic mass is 9.99. The zero-order chi connectivity index (χ0) is 32.2. The summed E-state index contributed by atoms with van der Waals surface area (Å²) in [6.45, 7) is 11.2. The van der Waals surface area contributed by atoms with E-state index in [0.29, 0.717) is 42.6 Å². The Morgan fingerprint density at radius 3 is 2.42 bits per heavy atom. The van der Waals surface area contributed by atoms with Crippen molar-refractivity contribution in [3.63, 3.8) is 0 Å². The highest BCUT2D eigenvalue weighted by atomic mass is 19.1. The van der Waals surface area contributed by atoms with Gasteiger partial charge in [-0.15, -0.1) is 0 Å². The second kappa shape index (κ2) is 16.6. The summed E-state index contributed by atoms with van der Waals surface area (Å²) >= 11 is 0. The van der Waals surface area contributed by atoms with Crippen LogP contribution < -0.4 is 35.9 Å². The largest absolute Gasteiger partial charge is 0.493 e. The fourth-order valence-corrected chi connectivity index (χ4v) is 5.38. The van der Waals surface area contributed by atoms with Gasteiger partial charge in [0.15, 0.2) is 11.5 Å². The van der Waals surface area contributed by atoms with E-state index < -0.39 is 17.6 Å². The highest BCUT2D eigenvalue weighted by Crippen LogP contribution is 2.25. The van der Waals surface area contributed by atoms with E-state index in [2.05, 4.69) is 41.6 Å². The molecule has 0 bridgehead atoms. The number of rotatable bonds is 12. The van der Waals surface area contributed by atoms with E-state index in [0.717, 1.165) is 53.9 Å². The topological polar surface area (TPSA) is 88.7 Å². The fraction of sp³-hybridized carbons (Fsp3) is 0.351. The molecule has 0 atom stereocenters. The first-order valence-corrected chi connectivity index (χ1v) is 15.6. The first-order valence-electron chi connectivity index (χ1n) is 15.6. The Labute approximate surface area is 265 Å². The summed E-state index contributed by atoms with van der Waals surface area (Å²) in [5, 5.41) is 10.1. The molecule has 3 aromatic rings. The monoisotopic (exact) mass is 613 g/mol. The van der Waals surface area contributed by atoms with E-state index in [1.54, 1.807) is 19.2 Å². The van der Waals surface area contributed by atoms with Gasteiger partial charge in [0.05, 0.1) is 13.7 Å². The van der Waals surface area contributed by atoms with Crippen molar-refractivity contribution >= 4 is 29.7 Å². The van der Waals surface area contributed by atoms with Gasteiger partial charge in [-0.05, 0) is 109 Å². The van der Waals surface area contributed by atoms with E-state index >= 15 is 4.39 Å². The minimum Gasteiger partial charge on any atom is -0.493 e. The molecule has 0 aliphatic carbocycles. The van der Waals surface area contributed by atoms with Gasteiger partial charge >= 0.3 is 11.8 Å². The van der Waals surface area contributed by atoms with Crippen LogP contribution in [0, 0.1) is 11.7 Å². The van der Waals surface area contributed by atoms with Crippen LogP contribution in [0.15, 0.2) is 66.7 Å². The first kappa shape index (κ1) is 33.5. The maximum Gasteiger partial charge on any atom is 0.313 e. The van der Waals surface area contributed by atoms with Crippen molar-refractivity contribution in [1.82, 2.24) is 10.6 Å². The second-order valence-electron chi connectivity index (χ2n) is 11.3. The summed E-state index contributed by atoms with van der Waals surface area (Å²) in [4.78, 5) is 24.8. The summed E-state index contributed by atoms with van der Waals surface area (Å²) in [6, 6.07) is 16.3. The van der Waals surface area contributed by atoms with Crippen molar-refractivity contribution in [3.05, 3.63) is 99.7 Å². The number of nitrogens with one attached hydrogen (secondary N) is 3. The molecule has 1 fully saturated rings. The SMILES string of the molecule is C=c1cc(OCC2CCNCC2)c(OC)c/c1=C(/C=C\C)Cc1ccc(NC(=O)C(=O)NCCc2ccc(CC)cc2)cc1F. The predicted octanol–water partition coefficient (Wildman–Crippen LogP) is 4.45. The molecular formula is C37H44FN3O4. The number of aryl methyl sites for hydroxylation is 1. The molecular weight excluding hydrogens is 569 g/mol. The Kier molecular flexibility index (Phi) is 12.3. The van der Waals surface area contributed by atoms with E-state index in [-0.39, 0.29) is 12.1 Å². The molecule has 1 heterocycles. The van der Waals surface area contributed by atoms with Crippen molar-refractivity contribution in [1.29, 1.82) is 0 Å². The standard InChI is InChI=1S/C37H44FN3O4/c1-5-7-29(32-23-34(44-4)35(20-25(32)3)45-24-28-14-17-39-18-15-28)21-30-12-13-31(22-33(30)38)41-37(43)36(42)40-19-16-27-10-8-26(6-2)9-11-27/h5,7-13,20,22-23,28,39H,3,6,14-19,21,24H2,1-2,4H3,(H,40,42)(H,41,43)/b7-5-,32-29+. The number of amides is 2. The molecule has 2 amide bonds. The van der Waals surface area contributed by atoms with Crippen LogP contribution in [0.25, 0.3) is 12.2 Å². The lowest BCUT2D eigenvalue weighted by Crippen LogP contribution is -2.36. The maximum absolute atomic E-state index is 15.3. The zero-order valence-corrected chi connectivity index (χ0v) is 26.5. The van der Waals surface area contributed by atoms with Crippen LogP contribution in [0.3, 0.4) is 0 Å². The fourth-order valence-electron chi connectivity index (χ4n) is 5.38. The number of hydrogen-bond donors (Lipinski definition) is 3. The normalized spacial score (nSPS) is 14.2. The van der Waals surface area contributed by atoms with E-state index in [1.807, 2.05) is 43.3 Å². The molecule has 1 aliphatic heterocycles. The summed E-state index contributed by atoms with van der Waals surface area (Å²) in [6.07, 6.45) is 7.82. The average molecular weight is 614 g/mol. The highest BCUT2D eigenvalue weighted by molar-refractivity contribution is 6.39. The number of carbonyl (C=O) groups excluding carboxylic acids is 2. The molecule has 3 N–H and O–H groups in total. The van der Waals surface area contributed by atoms with Crippen molar-refractivity contribution in [2.45, 2.75) is 46.0 Å². The van der Waals surface area contributed by atoms with Crippen molar-refractivity contribution in [3.8, 4) is 11.5 Å². The third kappa shape index (κ3) is 9.53. The van der Waals surface area contributed by atoms with Crippen molar-refractivity contribution in [2.75, 3.05) is 38.7 Å². The van der Waals surface area contributed by atoms with Gasteiger partial charge in [-0.25, -0.2) is 4.39 Å². The smallest absolute Gasteiger partial charge is 0.313 e. The molecule has 8 heteroatoms. The van der Waals surface area contributed by atoms with E-state index in [4.69, 9.17) is 9.47 Å². The van der Waals surface area contributed by atoms with Gasteiger partial charge in [0.2, 0.25) is 0 Å². The number of piperidine rings is 1. The summed E-state index contributed by atoms with van der Waals surface area (Å²) in [7, 11) is 1.60. The number of anilines is 1. The highest BCUT2D eigenvalue weighted by Gasteiger charge is 2.17. The Balaban J connectivity index is 1.41. The number of carbonyl (C=O) groups is 2. The Hall–Kier alpha value is -4.43. The molecule has 0 saturated carbocycles. The third-order valence-electron chi connectivity index (χ3n) is 8.07. The van der Waals surface area contributed by atoms with Crippen LogP contribution >= 0.6 is 0 Å². The van der Waals surface area contributed by atoms with Gasteiger partial charge in [-0.2, -0.15) is 0 Å². The van der Waals surface area contributed by atoms with Gasteiger partial charge in [0.25, 0.3) is 0 Å². The van der Waals surface area contributed by atoms with Gasteiger partial charge in [0, 0.05) is 18.7 Å². The van der Waals surface area contributed by atoms with Gasteiger partial charge < -0.3 is 25.4 Å². The minimum absolute atomic E-state index is 0.203. The Morgan fingerprint density at radius 1 is 1.02 bits per heavy atom. The number of benzene rings is 3. The number of halogens is 1. The number of allylic oxidation sites excluding steroid dienone is 2. The van der Waals surface area contributed by atoms with E-state index in [9.17, 15) is 9.59 Å².